The Morgan fingerprint density at radius 1 is 1.27 bits per heavy atom. The monoisotopic (exact) mass is 314 g/mol. The van der Waals surface area contributed by atoms with E-state index in [9.17, 15) is 0 Å². The highest BCUT2D eigenvalue weighted by Gasteiger charge is 2.19. The molecule has 0 aromatic carbocycles. The average Bonchev–Trinajstić information content (AvgIpc) is 3.06. The summed E-state index contributed by atoms with van der Waals surface area (Å²) in [6.45, 7) is 8.73. The van der Waals surface area contributed by atoms with Gasteiger partial charge in [-0.2, -0.15) is 5.10 Å². The number of nitrogens with zero attached hydrogens (tertiary/aromatic N) is 3. The molecule has 0 bridgehead atoms. The van der Waals surface area contributed by atoms with Crippen molar-refractivity contribution < 1.29 is 0 Å². The Morgan fingerprint density at radius 2 is 2.09 bits per heavy atom. The topological polar surface area (TPSA) is 42.2 Å². The standard InChI is InChI=1S/C17H22N4S/c1-11(2)10-15(17-19-12(3)13(4)22-17)20-14-7-8-18-21-9-5-6-16(14)21/h5-9,11,15,20H,10H2,1-4H3. The molecule has 0 spiro atoms. The van der Waals surface area contributed by atoms with Gasteiger partial charge in [-0.25, -0.2) is 9.50 Å². The van der Waals surface area contributed by atoms with Gasteiger partial charge in [0, 0.05) is 17.3 Å². The van der Waals surface area contributed by atoms with Gasteiger partial charge < -0.3 is 5.32 Å². The number of nitrogens with one attached hydrogen (secondary N) is 1. The van der Waals surface area contributed by atoms with Gasteiger partial charge in [0.25, 0.3) is 0 Å². The van der Waals surface area contributed by atoms with Crippen LogP contribution in [0.3, 0.4) is 0 Å². The van der Waals surface area contributed by atoms with Gasteiger partial charge in [0.15, 0.2) is 0 Å². The van der Waals surface area contributed by atoms with Crippen LogP contribution in [0.2, 0.25) is 0 Å². The Bertz CT molecular complexity index is 752. The fourth-order valence-corrected chi connectivity index (χ4v) is 3.59. The van der Waals surface area contributed by atoms with Gasteiger partial charge in [-0.3, -0.25) is 0 Å². The largest absolute Gasteiger partial charge is 0.374 e. The third kappa shape index (κ3) is 2.99. The quantitative estimate of drug-likeness (QED) is 0.748. The summed E-state index contributed by atoms with van der Waals surface area (Å²) in [5.74, 6) is 0.603. The van der Waals surface area contributed by atoms with E-state index in [0.717, 1.165) is 23.3 Å². The first-order valence-corrected chi connectivity index (χ1v) is 8.49. The number of hydrogen-bond acceptors (Lipinski definition) is 4. The molecular formula is C17H22N4S. The molecule has 3 heterocycles. The second-order valence-corrected chi connectivity index (χ2v) is 7.34. The lowest BCUT2D eigenvalue weighted by Gasteiger charge is -2.20. The van der Waals surface area contributed by atoms with Gasteiger partial charge in [-0.05, 0) is 44.4 Å². The lowest BCUT2D eigenvalue weighted by Crippen LogP contribution is -2.14. The van der Waals surface area contributed by atoms with Crippen molar-refractivity contribution >= 4 is 22.5 Å². The molecule has 0 radical (unpaired) electrons. The molecule has 5 heteroatoms. The van der Waals surface area contributed by atoms with Crippen LogP contribution in [0.1, 0.15) is 41.9 Å². The van der Waals surface area contributed by atoms with E-state index in [1.165, 1.54) is 9.88 Å². The predicted octanol–water partition coefficient (Wildman–Crippen LogP) is 4.61. The lowest BCUT2D eigenvalue weighted by atomic mass is 10.0. The highest BCUT2D eigenvalue weighted by atomic mass is 32.1. The van der Waals surface area contributed by atoms with Crippen LogP contribution in [0, 0.1) is 19.8 Å². The average molecular weight is 314 g/mol. The maximum Gasteiger partial charge on any atom is 0.115 e. The van der Waals surface area contributed by atoms with E-state index in [0.29, 0.717) is 5.92 Å². The first kappa shape index (κ1) is 15.0. The Hall–Kier alpha value is -1.88. The number of rotatable bonds is 5. The molecule has 3 aromatic heterocycles. The van der Waals surface area contributed by atoms with Crippen LogP contribution in [0.5, 0.6) is 0 Å². The number of aromatic nitrogens is 3. The van der Waals surface area contributed by atoms with E-state index in [-0.39, 0.29) is 6.04 Å². The molecule has 4 nitrogen and oxygen atoms in total. The minimum atomic E-state index is 0.235. The van der Waals surface area contributed by atoms with Crippen molar-refractivity contribution in [1.82, 2.24) is 14.6 Å². The second-order valence-electron chi connectivity index (χ2n) is 6.10. The zero-order valence-corrected chi connectivity index (χ0v) is 14.3. The van der Waals surface area contributed by atoms with Gasteiger partial charge in [-0.15, -0.1) is 11.3 Å². The summed E-state index contributed by atoms with van der Waals surface area (Å²) in [7, 11) is 0. The summed E-state index contributed by atoms with van der Waals surface area (Å²) in [5.41, 5.74) is 3.34. The van der Waals surface area contributed by atoms with Crippen molar-refractivity contribution in [3.05, 3.63) is 46.2 Å². The van der Waals surface area contributed by atoms with Crippen LogP contribution >= 0.6 is 11.3 Å². The molecule has 0 saturated carbocycles. The predicted molar refractivity (Wildman–Crippen MR) is 92.6 cm³/mol. The van der Waals surface area contributed by atoms with Crippen LogP contribution in [0.25, 0.3) is 5.52 Å². The van der Waals surface area contributed by atoms with Gasteiger partial charge in [0.05, 0.1) is 22.9 Å². The zero-order valence-electron chi connectivity index (χ0n) is 13.5. The molecule has 1 N–H and O–H groups in total. The molecule has 0 aliphatic heterocycles. The SMILES string of the molecule is Cc1nc(C(CC(C)C)Nc2ccnn3cccc23)sc1C. The number of fused-ring (bicyclic) bond motifs is 1. The van der Waals surface area contributed by atoms with E-state index in [1.807, 2.05) is 29.0 Å². The van der Waals surface area contributed by atoms with Crippen molar-refractivity contribution in [2.24, 2.45) is 5.92 Å². The molecule has 3 rings (SSSR count). The smallest absolute Gasteiger partial charge is 0.115 e. The summed E-state index contributed by atoms with van der Waals surface area (Å²) in [5, 5.41) is 9.18. The molecular weight excluding hydrogens is 292 g/mol. The van der Waals surface area contributed by atoms with Gasteiger partial charge >= 0.3 is 0 Å². The number of hydrogen-bond donors (Lipinski definition) is 1. The summed E-state index contributed by atoms with van der Waals surface area (Å²) in [6.07, 6.45) is 4.86. The minimum absolute atomic E-state index is 0.235. The minimum Gasteiger partial charge on any atom is -0.374 e. The van der Waals surface area contributed by atoms with Crippen LogP contribution in [-0.2, 0) is 0 Å². The van der Waals surface area contributed by atoms with Crippen LogP contribution in [0.4, 0.5) is 5.69 Å². The van der Waals surface area contributed by atoms with E-state index >= 15 is 0 Å². The van der Waals surface area contributed by atoms with E-state index in [1.54, 1.807) is 11.3 Å². The molecule has 1 unspecified atom stereocenters. The van der Waals surface area contributed by atoms with Crippen LogP contribution in [-0.4, -0.2) is 14.6 Å². The summed E-state index contributed by atoms with van der Waals surface area (Å²) in [6, 6.07) is 6.37. The van der Waals surface area contributed by atoms with E-state index in [2.05, 4.69) is 44.2 Å². The molecule has 0 saturated heterocycles. The fourth-order valence-electron chi connectivity index (χ4n) is 2.60. The van der Waals surface area contributed by atoms with Gasteiger partial charge in [0.2, 0.25) is 0 Å². The maximum atomic E-state index is 4.76. The lowest BCUT2D eigenvalue weighted by molar-refractivity contribution is 0.529. The number of aryl methyl sites for hydroxylation is 2. The molecule has 0 fully saturated rings. The van der Waals surface area contributed by atoms with Crippen molar-refractivity contribution in [3.8, 4) is 0 Å². The molecule has 0 amide bonds. The number of anilines is 1. The molecule has 0 aliphatic rings. The highest BCUT2D eigenvalue weighted by molar-refractivity contribution is 7.11. The van der Waals surface area contributed by atoms with E-state index < -0.39 is 0 Å². The first-order chi connectivity index (χ1) is 10.5. The summed E-state index contributed by atoms with van der Waals surface area (Å²) in [4.78, 5) is 6.06. The Balaban J connectivity index is 1.94. The summed E-state index contributed by atoms with van der Waals surface area (Å²) < 4.78 is 1.90. The molecule has 22 heavy (non-hydrogen) atoms. The molecule has 0 aliphatic carbocycles. The third-order valence-electron chi connectivity index (χ3n) is 3.82. The normalized spacial score (nSPS) is 13.0. The second kappa shape index (κ2) is 6.08. The van der Waals surface area contributed by atoms with Gasteiger partial charge in [-0.1, -0.05) is 13.8 Å². The van der Waals surface area contributed by atoms with Crippen molar-refractivity contribution in [1.29, 1.82) is 0 Å². The van der Waals surface area contributed by atoms with Crippen molar-refractivity contribution in [2.45, 2.75) is 40.2 Å². The maximum absolute atomic E-state index is 4.76. The highest BCUT2D eigenvalue weighted by Crippen LogP contribution is 2.31. The van der Waals surface area contributed by atoms with Crippen LogP contribution < -0.4 is 5.32 Å². The molecule has 1 atom stereocenters. The molecule has 116 valence electrons. The van der Waals surface area contributed by atoms with Crippen LogP contribution in [0.15, 0.2) is 30.6 Å². The molecule has 3 aromatic rings. The van der Waals surface area contributed by atoms with Crippen molar-refractivity contribution in [2.75, 3.05) is 5.32 Å². The zero-order chi connectivity index (χ0) is 15.7. The Morgan fingerprint density at radius 3 is 2.77 bits per heavy atom. The Kier molecular flexibility index (Phi) is 4.16. The van der Waals surface area contributed by atoms with Crippen molar-refractivity contribution in [3.63, 3.8) is 0 Å². The first-order valence-electron chi connectivity index (χ1n) is 7.67. The fraction of sp³-hybridized carbons (Fsp3) is 0.412. The third-order valence-corrected chi connectivity index (χ3v) is 5.00. The van der Waals surface area contributed by atoms with E-state index in [4.69, 9.17) is 4.98 Å². The summed E-state index contributed by atoms with van der Waals surface area (Å²) >= 11 is 1.80. The van der Waals surface area contributed by atoms with Gasteiger partial charge in [0.1, 0.15) is 5.01 Å². The number of thiazole rings is 1. The Labute approximate surface area is 135 Å².